The summed E-state index contributed by atoms with van der Waals surface area (Å²) in [5.74, 6) is -0.124. The SMILES string of the molecule is CNc1cc(B(O)O)ncc1C(C)=O. The highest BCUT2D eigenvalue weighted by Gasteiger charge is 2.16. The van der Waals surface area contributed by atoms with Crippen molar-refractivity contribution in [1.82, 2.24) is 4.98 Å². The van der Waals surface area contributed by atoms with Gasteiger partial charge in [0.1, 0.15) is 0 Å². The van der Waals surface area contributed by atoms with Gasteiger partial charge in [0.25, 0.3) is 0 Å². The molecule has 5 nitrogen and oxygen atoms in total. The third kappa shape index (κ3) is 2.10. The first-order valence-corrected chi connectivity index (χ1v) is 4.11. The smallest absolute Gasteiger partial charge is 0.422 e. The average molecular weight is 194 g/mol. The van der Waals surface area contributed by atoms with Crippen molar-refractivity contribution in [3.05, 3.63) is 17.8 Å². The maximum atomic E-state index is 11.1. The van der Waals surface area contributed by atoms with Crippen LogP contribution < -0.4 is 10.9 Å². The van der Waals surface area contributed by atoms with E-state index in [1.165, 1.54) is 19.2 Å². The zero-order chi connectivity index (χ0) is 10.7. The van der Waals surface area contributed by atoms with Gasteiger partial charge in [0.15, 0.2) is 5.78 Å². The minimum atomic E-state index is -1.62. The quantitative estimate of drug-likeness (QED) is 0.424. The van der Waals surface area contributed by atoms with Crippen molar-refractivity contribution >= 4 is 24.2 Å². The van der Waals surface area contributed by atoms with E-state index >= 15 is 0 Å². The predicted molar refractivity (Wildman–Crippen MR) is 53.6 cm³/mol. The average Bonchev–Trinajstić information content (AvgIpc) is 2.16. The number of hydrogen-bond acceptors (Lipinski definition) is 5. The minimum Gasteiger partial charge on any atom is -0.422 e. The van der Waals surface area contributed by atoms with Crippen LogP contribution in [0.1, 0.15) is 17.3 Å². The van der Waals surface area contributed by atoms with Crippen LogP contribution in [-0.2, 0) is 0 Å². The van der Waals surface area contributed by atoms with Gasteiger partial charge in [0, 0.05) is 18.9 Å². The molecule has 14 heavy (non-hydrogen) atoms. The molecule has 1 rings (SSSR count). The highest BCUT2D eigenvalue weighted by Crippen LogP contribution is 2.11. The monoisotopic (exact) mass is 194 g/mol. The van der Waals surface area contributed by atoms with Crippen molar-refractivity contribution in [1.29, 1.82) is 0 Å². The van der Waals surface area contributed by atoms with Crippen molar-refractivity contribution in [2.24, 2.45) is 0 Å². The van der Waals surface area contributed by atoms with Crippen molar-refractivity contribution < 1.29 is 14.8 Å². The summed E-state index contributed by atoms with van der Waals surface area (Å²) in [5, 5.41) is 20.5. The minimum absolute atomic E-state index is 0.111. The van der Waals surface area contributed by atoms with E-state index in [1.54, 1.807) is 7.05 Å². The maximum absolute atomic E-state index is 11.1. The fourth-order valence-electron chi connectivity index (χ4n) is 1.10. The van der Waals surface area contributed by atoms with Gasteiger partial charge in [-0.05, 0) is 13.0 Å². The Morgan fingerprint density at radius 2 is 2.21 bits per heavy atom. The lowest BCUT2D eigenvalue weighted by Gasteiger charge is -2.07. The second-order valence-electron chi connectivity index (χ2n) is 2.83. The lowest BCUT2D eigenvalue weighted by atomic mass is 9.85. The van der Waals surface area contributed by atoms with E-state index in [9.17, 15) is 4.79 Å². The Bertz CT molecular complexity index is 354. The summed E-state index contributed by atoms with van der Waals surface area (Å²) in [5.41, 5.74) is 1.08. The molecule has 0 aliphatic rings. The van der Waals surface area contributed by atoms with E-state index in [-0.39, 0.29) is 11.4 Å². The summed E-state index contributed by atoms with van der Waals surface area (Å²) in [6.45, 7) is 1.42. The molecule has 1 aromatic rings. The van der Waals surface area contributed by atoms with Gasteiger partial charge in [-0.15, -0.1) is 0 Å². The van der Waals surface area contributed by atoms with Crippen LogP contribution in [0, 0.1) is 0 Å². The highest BCUT2D eigenvalue weighted by atomic mass is 16.4. The molecule has 0 atom stereocenters. The van der Waals surface area contributed by atoms with Crippen LogP contribution in [0.25, 0.3) is 0 Å². The summed E-state index contributed by atoms with van der Waals surface area (Å²) in [7, 11) is 0.0260. The summed E-state index contributed by atoms with van der Waals surface area (Å²) >= 11 is 0. The lowest BCUT2D eigenvalue weighted by molar-refractivity contribution is 0.101. The zero-order valence-corrected chi connectivity index (χ0v) is 7.98. The first-order chi connectivity index (χ1) is 6.56. The van der Waals surface area contributed by atoms with Gasteiger partial charge in [-0.1, -0.05) is 0 Å². The maximum Gasteiger partial charge on any atom is 0.508 e. The van der Waals surface area contributed by atoms with Crippen LogP contribution in [0.5, 0.6) is 0 Å². The summed E-state index contributed by atoms with van der Waals surface area (Å²) < 4.78 is 0. The van der Waals surface area contributed by atoms with Crippen molar-refractivity contribution in [2.75, 3.05) is 12.4 Å². The molecule has 0 aliphatic carbocycles. The van der Waals surface area contributed by atoms with E-state index in [0.717, 1.165) is 0 Å². The molecule has 74 valence electrons. The van der Waals surface area contributed by atoms with Crippen LogP contribution in [0.2, 0.25) is 0 Å². The fourth-order valence-corrected chi connectivity index (χ4v) is 1.10. The van der Waals surface area contributed by atoms with Gasteiger partial charge in [0.2, 0.25) is 0 Å². The Morgan fingerprint density at radius 3 is 2.64 bits per heavy atom. The number of pyridine rings is 1. The number of carbonyl (C=O) groups is 1. The largest absolute Gasteiger partial charge is 0.508 e. The Labute approximate surface area is 81.9 Å². The normalized spacial score (nSPS) is 9.71. The molecule has 1 heterocycles. The van der Waals surface area contributed by atoms with Crippen molar-refractivity contribution in [2.45, 2.75) is 6.92 Å². The lowest BCUT2D eigenvalue weighted by Crippen LogP contribution is -2.33. The first-order valence-electron chi connectivity index (χ1n) is 4.11. The number of Topliss-reactive ketones (excluding diaryl/α,β-unsaturated/α-hetero) is 1. The number of nitrogens with one attached hydrogen (secondary N) is 1. The Morgan fingerprint density at radius 1 is 1.57 bits per heavy atom. The number of rotatable bonds is 3. The van der Waals surface area contributed by atoms with Crippen LogP contribution in [0.4, 0.5) is 5.69 Å². The Balaban J connectivity index is 3.18. The van der Waals surface area contributed by atoms with Crippen LogP contribution in [0.3, 0.4) is 0 Å². The Kier molecular flexibility index (Phi) is 3.21. The molecule has 0 saturated heterocycles. The molecule has 0 fully saturated rings. The number of aromatic nitrogens is 1. The predicted octanol–water partition coefficient (Wildman–Crippen LogP) is -0.994. The van der Waals surface area contributed by atoms with Gasteiger partial charge in [0.05, 0.1) is 11.2 Å². The van der Waals surface area contributed by atoms with Gasteiger partial charge < -0.3 is 15.4 Å². The number of anilines is 1. The molecule has 0 radical (unpaired) electrons. The summed E-state index contributed by atoms with van der Waals surface area (Å²) in [4.78, 5) is 14.8. The zero-order valence-electron chi connectivity index (χ0n) is 7.98. The molecule has 0 spiro atoms. The van der Waals surface area contributed by atoms with Gasteiger partial charge in [-0.2, -0.15) is 0 Å². The third-order valence-electron chi connectivity index (χ3n) is 1.84. The molecule has 0 amide bonds. The number of ketones is 1. The fraction of sp³-hybridized carbons (Fsp3) is 0.250. The number of nitrogens with zero attached hydrogens (tertiary/aromatic N) is 1. The third-order valence-corrected chi connectivity index (χ3v) is 1.84. The molecule has 1 aromatic heterocycles. The molecular weight excluding hydrogens is 183 g/mol. The molecule has 6 heteroatoms. The topological polar surface area (TPSA) is 82.4 Å². The van der Waals surface area contributed by atoms with Crippen LogP contribution >= 0.6 is 0 Å². The van der Waals surface area contributed by atoms with E-state index < -0.39 is 7.12 Å². The van der Waals surface area contributed by atoms with Crippen molar-refractivity contribution in [3.8, 4) is 0 Å². The van der Waals surface area contributed by atoms with E-state index in [2.05, 4.69) is 10.3 Å². The highest BCUT2D eigenvalue weighted by molar-refractivity contribution is 6.57. The second kappa shape index (κ2) is 4.21. The Hall–Kier alpha value is -1.40. The summed E-state index contributed by atoms with van der Waals surface area (Å²) in [6, 6.07) is 1.43. The number of hydrogen-bond donors (Lipinski definition) is 3. The molecule has 0 bridgehead atoms. The molecule has 3 N–H and O–H groups in total. The van der Waals surface area contributed by atoms with Crippen LogP contribution in [0.15, 0.2) is 12.3 Å². The van der Waals surface area contributed by atoms with Gasteiger partial charge in [-0.3, -0.25) is 9.78 Å². The van der Waals surface area contributed by atoms with Crippen LogP contribution in [-0.4, -0.2) is 35.0 Å². The standard InChI is InChI=1S/C8H11BN2O3/c1-5(12)6-4-11-8(9(13)14)3-7(6)10-2/h3-4,13-14H,1-2H3,(H,10,11). The van der Waals surface area contributed by atoms with Gasteiger partial charge >= 0.3 is 7.12 Å². The molecule has 0 saturated carbocycles. The number of carbonyl (C=O) groups excluding carboxylic acids is 1. The van der Waals surface area contributed by atoms with E-state index in [0.29, 0.717) is 11.3 Å². The summed E-state index contributed by atoms with van der Waals surface area (Å²) in [6.07, 6.45) is 1.32. The van der Waals surface area contributed by atoms with E-state index in [4.69, 9.17) is 10.0 Å². The molecular formula is C8H11BN2O3. The molecule has 0 unspecified atom stereocenters. The van der Waals surface area contributed by atoms with Gasteiger partial charge in [-0.25, -0.2) is 0 Å². The first kappa shape index (κ1) is 10.7. The van der Waals surface area contributed by atoms with E-state index in [1.807, 2.05) is 0 Å². The molecule has 0 aromatic carbocycles. The second-order valence-corrected chi connectivity index (χ2v) is 2.83. The molecule has 0 aliphatic heterocycles. The van der Waals surface area contributed by atoms with Crippen molar-refractivity contribution in [3.63, 3.8) is 0 Å².